The summed E-state index contributed by atoms with van der Waals surface area (Å²) in [6, 6.07) is 6.34. The van der Waals surface area contributed by atoms with E-state index in [1.807, 2.05) is 4.90 Å². The maximum Gasteiger partial charge on any atom is 0.222 e. The standard InChI is InChI=1S/C13H16FN3OS/c14-10-5-1-2-6-11(10)16-13(19)17-7-3-4-9(8-17)12(15)18/h1-2,5-6,9H,3-4,7-8H2,(H2,15,18)(H,16,19)/t9-/m1/s1. The number of anilines is 1. The molecule has 2 rings (SSSR count). The molecule has 1 aliphatic rings. The summed E-state index contributed by atoms with van der Waals surface area (Å²) in [4.78, 5) is 13.1. The zero-order chi connectivity index (χ0) is 13.8. The first kappa shape index (κ1) is 13.7. The van der Waals surface area contributed by atoms with Crippen LogP contribution in [0.3, 0.4) is 0 Å². The van der Waals surface area contributed by atoms with Gasteiger partial charge in [0.2, 0.25) is 5.91 Å². The third kappa shape index (κ3) is 3.41. The number of halogens is 1. The zero-order valence-electron chi connectivity index (χ0n) is 10.4. The average molecular weight is 281 g/mol. The zero-order valence-corrected chi connectivity index (χ0v) is 11.3. The van der Waals surface area contributed by atoms with Gasteiger partial charge in [0.1, 0.15) is 5.82 Å². The van der Waals surface area contributed by atoms with Gasteiger partial charge < -0.3 is 16.0 Å². The maximum atomic E-state index is 13.5. The summed E-state index contributed by atoms with van der Waals surface area (Å²) in [5, 5.41) is 3.30. The van der Waals surface area contributed by atoms with Crippen molar-refractivity contribution in [2.24, 2.45) is 11.7 Å². The fourth-order valence-corrected chi connectivity index (χ4v) is 2.43. The molecule has 3 N–H and O–H groups in total. The third-order valence-corrected chi connectivity index (χ3v) is 3.59. The highest BCUT2D eigenvalue weighted by Crippen LogP contribution is 2.18. The number of amides is 1. The van der Waals surface area contributed by atoms with Crippen LogP contribution in [0.4, 0.5) is 10.1 Å². The Morgan fingerprint density at radius 2 is 2.21 bits per heavy atom. The van der Waals surface area contributed by atoms with E-state index in [9.17, 15) is 9.18 Å². The molecule has 1 aromatic carbocycles. The van der Waals surface area contributed by atoms with Gasteiger partial charge in [-0.2, -0.15) is 0 Å². The minimum Gasteiger partial charge on any atom is -0.369 e. The summed E-state index contributed by atoms with van der Waals surface area (Å²) >= 11 is 5.25. The summed E-state index contributed by atoms with van der Waals surface area (Å²) in [7, 11) is 0. The molecule has 0 unspecified atom stereocenters. The van der Waals surface area contributed by atoms with Gasteiger partial charge in [0.25, 0.3) is 0 Å². The van der Waals surface area contributed by atoms with Crippen LogP contribution in [0.25, 0.3) is 0 Å². The van der Waals surface area contributed by atoms with Crippen molar-refractivity contribution in [3.05, 3.63) is 30.1 Å². The molecule has 4 nitrogen and oxygen atoms in total. The van der Waals surface area contributed by atoms with Crippen molar-refractivity contribution in [1.82, 2.24) is 4.90 Å². The summed E-state index contributed by atoms with van der Waals surface area (Å²) in [5.74, 6) is -0.846. The Balaban J connectivity index is 2.00. The number of nitrogens with two attached hydrogens (primary N) is 1. The van der Waals surface area contributed by atoms with Gasteiger partial charge in [-0.05, 0) is 37.2 Å². The largest absolute Gasteiger partial charge is 0.369 e. The second-order valence-electron chi connectivity index (χ2n) is 4.60. The molecular formula is C13H16FN3OS. The van der Waals surface area contributed by atoms with Gasteiger partial charge in [-0.1, -0.05) is 12.1 Å². The first-order valence-electron chi connectivity index (χ1n) is 6.17. The SMILES string of the molecule is NC(=O)[C@@H]1CCCN(C(=S)Nc2ccccc2F)C1. The first-order valence-corrected chi connectivity index (χ1v) is 6.58. The topological polar surface area (TPSA) is 58.4 Å². The van der Waals surface area contributed by atoms with Crippen LogP contribution in [0.15, 0.2) is 24.3 Å². The summed E-state index contributed by atoms with van der Waals surface area (Å²) in [6.45, 7) is 1.25. The van der Waals surface area contributed by atoms with E-state index in [4.69, 9.17) is 18.0 Å². The second kappa shape index (κ2) is 5.97. The highest BCUT2D eigenvalue weighted by Gasteiger charge is 2.25. The quantitative estimate of drug-likeness (QED) is 0.810. The number of nitrogens with zero attached hydrogens (tertiary/aromatic N) is 1. The van der Waals surface area contributed by atoms with E-state index < -0.39 is 0 Å². The van der Waals surface area contributed by atoms with Gasteiger partial charge in [0, 0.05) is 13.1 Å². The molecule has 1 fully saturated rings. The van der Waals surface area contributed by atoms with E-state index in [1.165, 1.54) is 6.07 Å². The fourth-order valence-electron chi connectivity index (χ4n) is 2.15. The Bertz CT molecular complexity index is 495. The lowest BCUT2D eigenvalue weighted by molar-refractivity contribution is -0.122. The van der Waals surface area contributed by atoms with Crippen molar-refractivity contribution in [1.29, 1.82) is 0 Å². The number of benzene rings is 1. The van der Waals surface area contributed by atoms with Gasteiger partial charge >= 0.3 is 0 Å². The van der Waals surface area contributed by atoms with E-state index in [-0.39, 0.29) is 17.6 Å². The number of hydrogen-bond acceptors (Lipinski definition) is 2. The van der Waals surface area contributed by atoms with Crippen molar-refractivity contribution < 1.29 is 9.18 Å². The van der Waals surface area contributed by atoms with Gasteiger partial charge in [-0.3, -0.25) is 4.79 Å². The number of nitrogens with one attached hydrogen (secondary N) is 1. The van der Waals surface area contributed by atoms with Crippen molar-refractivity contribution in [2.45, 2.75) is 12.8 Å². The highest BCUT2D eigenvalue weighted by molar-refractivity contribution is 7.80. The number of primary amides is 1. The lowest BCUT2D eigenvalue weighted by Gasteiger charge is -2.33. The lowest BCUT2D eigenvalue weighted by Crippen LogP contribution is -2.45. The van der Waals surface area contributed by atoms with Crippen LogP contribution in [0.5, 0.6) is 0 Å². The summed E-state index contributed by atoms with van der Waals surface area (Å²) in [6.07, 6.45) is 1.64. The highest BCUT2D eigenvalue weighted by atomic mass is 32.1. The average Bonchev–Trinajstić information content (AvgIpc) is 2.41. The smallest absolute Gasteiger partial charge is 0.222 e. The molecule has 0 radical (unpaired) electrons. The number of carbonyl (C=O) groups is 1. The second-order valence-corrected chi connectivity index (χ2v) is 4.98. The third-order valence-electron chi connectivity index (χ3n) is 3.23. The van der Waals surface area contributed by atoms with Crippen LogP contribution in [0.2, 0.25) is 0 Å². The molecule has 1 saturated heterocycles. The molecule has 1 atom stereocenters. The number of hydrogen-bond donors (Lipinski definition) is 2. The molecule has 0 aliphatic carbocycles. The normalized spacial score (nSPS) is 19.0. The van der Waals surface area contributed by atoms with Crippen LogP contribution in [-0.2, 0) is 4.79 Å². The van der Waals surface area contributed by atoms with E-state index in [0.29, 0.717) is 17.3 Å². The molecule has 1 aromatic rings. The molecule has 0 saturated carbocycles. The van der Waals surface area contributed by atoms with Crippen LogP contribution >= 0.6 is 12.2 Å². The van der Waals surface area contributed by atoms with Crippen LogP contribution in [0.1, 0.15) is 12.8 Å². The molecule has 0 bridgehead atoms. The molecular weight excluding hydrogens is 265 g/mol. The Morgan fingerprint density at radius 3 is 2.89 bits per heavy atom. The Labute approximate surface area is 116 Å². The number of likely N-dealkylation sites (tertiary alicyclic amines) is 1. The fraction of sp³-hybridized carbons (Fsp3) is 0.385. The predicted molar refractivity (Wildman–Crippen MR) is 76.1 cm³/mol. The van der Waals surface area contributed by atoms with Crippen molar-refractivity contribution in [3.8, 4) is 0 Å². The Morgan fingerprint density at radius 1 is 1.47 bits per heavy atom. The Hall–Kier alpha value is -1.69. The number of para-hydroxylation sites is 1. The van der Waals surface area contributed by atoms with Crippen LogP contribution < -0.4 is 11.1 Å². The monoisotopic (exact) mass is 281 g/mol. The molecule has 6 heteroatoms. The number of thiocarbonyl (C=S) groups is 1. The molecule has 0 aromatic heterocycles. The summed E-state index contributed by atoms with van der Waals surface area (Å²) in [5.41, 5.74) is 5.66. The molecule has 1 heterocycles. The molecule has 102 valence electrons. The predicted octanol–water partition coefficient (Wildman–Crippen LogP) is 1.72. The summed E-state index contributed by atoms with van der Waals surface area (Å²) < 4.78 is 13.5. The van der Waals surface area contributed by atoms with Crippen molar-refractivity contribution >= 4 is 28.9 Å². The lowest BCUT2D eigenvalue weighted by atomic mass is 9.98. The maximum absolute atomic E-state index is 13.5. The first-order chi connectivity index (χ1) is 9.08. The number of carbonyl (C=O) groups excluding carboxylic acids is 1. The molecule has 19 heavy (non-hydrogen) atoms. The van der Waals surface area contributed by atoms with E-state index in [1.54, 1.807) is 18.2 Å². The van der Waals surface area contributed by atoms with Gasteiger partial charge in [0.15, 0.2) is 5.11 Å². The van der Waals surface area contributed by atoms with Gasteiger partial charge in [0.05, 0.1) is 11.6 Å². The minimum atomic E-state index is -0.353. The minimum absolute atomic E-state index is 0.186. The van der Waals surface area contributed by atoms with Gasteiger partial charge in [-0.25, -0.2) is 4.39 Å². The number of piperidine rings is 1. The van der Waals surface area contributed by atoms with Crippen LogP contribution in [0, 0.1) is 11.7 Å². The molecule has 0 spiro atoms. The van der Waals surface area contributed by atoms with Crippen molar-refractivity contribution in [3.63, 3.8) is 0 Å². The van der Waals surface area contributed by atoms with E-state index in [2.05, 4.69) is 5.32 Å². The molecule has 1 amide bonds. The van der Waals surface area contributed by atoms with Gasteiger partial charge in [-0.15, -0.1) is 0 Å². The van der Waals surface area contributed by atoms with Crippen molar-refractivity contribution in [2.75, 3.05) is 18.4 Å². The number of rotatable bonds is 2. The van der Waals surface area contributed by atoms with E-state index >= 15 is 0 Å². The molecule has 1 aliphatic heterocycles. The Kier molecular flexibility index (Phi) is 4.31. The van der Waals surface area contributed by atoms with Crippen LogP contribution in [-0.4, -0.2) is 29.0 Å². The van der Waals surface area contributed by atoms with E-state index in [0.717, 1.165) is 19.4 Å².